The number of carboxylic acid groups (broad SMARTS) is 1. The molecule has 9 heteroatoms. The number of hydrazone groups is 1. The summed E-state index contributed by atoms with van der Waals surface area (Å²) in [6, 6.07) is 16.6. The summed E-state index contributed by atoms with van der Waals surface area (Å²) >= 11 is 0. The van der Waals surface area contributed by atoms with Crippen LogP contribution in [-0.4, -0.2) is 22.1 Å². The van der Waals surface area contributed by atoms with E-state index in [0.717, 1.165) is 22.3 Å². The Bertz CT molecular complexity index is 949. The second kappa shape index (κ2) is 8.02. The molecule has 0 amide bonds. The average molecular weight is 367 g/mol. The third-order valence-electron chi connectivity index (χ3n) is 3.80. The van der Waals surface area contributed by atoms with Crippen LogP contribution in [0.25, 0.3) is 11.1 Å². The molecule has 0 atom stereocenters. The van der Waals surface area contributed by atoms with Gasteiger partial charge in [-0.3, -0.25) is 0 Å². The fraction of sp³-hybridized carbons (Fsp3) is 0.0556. The number of nitrogens with two attached hydrogens (primary N) is 2. The molecule has 0 bridgehead atoms. The highest BCUT2D eigenvalue weighted by Crippen LogP contribution is 2.21. The number of carboxylic acids is 1. The summed E-state index contributed by atoms with van der Waals surface area (Å²) in [5.41, 5.74) is 6.16. The Morgan fingerprint density at radius 1 is 1.15 bits per heavy atom. The molecule has 0 unspecified atom stereocenters. The lowest BCUT2D eigenvalue weighted by atomic mass is 10.0. The van der Waals surface area contributed by atoms with Crippen LogP contribution >= 0.6 is 0 Å². The third-order valence-corrected chi connectivity index (χ3v) is 3.80. The van der Waals surface area contributed by atoms with E-state index in [1.54, 1.807) is 0 Å². The van der Waals surface area contributed by atoms with Crippen molar-refractivity contribution in [1.82, 2.24) is 10.6 Å². The highest BCUT2D eigenvalue weighted by atomic mass is 16.5. The summed E-state index contributed by atoms with van der Waals surface area (Å²) in [5, 5.41) is 15.9. The van der Waals surface area contributed by atoms with Gasteiger partial charge in [0.25, 0.3) is 5.88 Å². The molecule has 0 aliphatic carbocycles. The SMILES string of the molecule is N/N=C(\NN)c1ccc(-c2ccc(COc3cc(C(=O)O)on3)cc2)cc1. The van der Waals surface area contributed by atoms with Crippen LogP contribution in [0.1, 0.15) is 21.7 Å². The Hall–Kier alpha value is -3.85. The van der Waals surface area contributed by atoms with Gasteiger partial charge in [0.2, 0.25) is 5.76 Å². The van der Waals surface area contributed by atoms with E-state index in [2.05, 4.69) is 20.2 Å². The minimum Gasteiger partial charge on any atom is -0.475 e. The summed E-state index contributed by atoms with van der Waals surface area (Å²) < 4.78 is 10.1. The molecule has 6 N–H and O–H groups in total. The largest absolute Gasteiger partial charge is 0.475 e. The van der Waals surface area contributed by atoms with Gasteiger partial charge >= 0.3 is 5.97 Å². The molecule has 3 rings (SSSR count). The number of hydrogen-bond acceptors (Lipinski definition) is 7. The predicted octanol–water partition coefficient (Wildman–Crippen LogP) is 1.70. The number of hydrogen-bond donors (Lipinski definition) is 4. The van der Waals surface area contributed by atoms with E-state index in [-0.39, 0.29) is 18.2 Å². The number of ether oxygens (including phenoxy) is 1. The Balaban J connectivity index is 1.65. The zero-order valence-electron chi connectivity index (χ0n) is 14.1. The van der Waals surface area contributed by atoms with Gasteiger partial charge in [0.15, 0.2) is 5.84 Å². The Kier molecular flexibility index (Phi) is 5.33. The lowest BCUT2D eigenvalue weighted by molar-refractivity contribution is 0.0651. The van der Waals surface area contributed by atoms with Gasteiger partial charge in [0.05, 0.1) is 6.07 Å². The van der Waals surface area contributed by atoms with Gasteiger partial charge in [-0.1, -0.05) is 48.5 Å². The van der Waals surface area contributed by atoms with Crippen LogP contribution in [0.5, 0.6) is 5.88 Å². The molecular weight excluding hydrogens is 350 g/mol. The van der Waals surface area contributed by atoms with Crippen LogP contribution in [-0.2, 0) is 6.61 Å². The van der Waals surface area contributed by atoms with E-state index in [1.165, 1.54) is 6.07 Å². The van der Waals surface area contributed by atoms with Gasteiger partial charge in [-0.05, 0) is 21.8 Å². The standard InChI is InChI=1S/C18H17N5O4/c19-21-17(22-20)14-7-5-13(6-8-14)12-3-1-11(2-4-12)10-26-16-9-15(18(24)25)27-23-16/h1-9H,10,19-20H2,(H,21,22)(H,24,25). The fourth-order valence-electron chi connectivity index (χ4n) is 2.39. The molecule has 0 fully saturated rings. The first kappa shape index (κ1) is 18.0. The van der Waals surface area contributed by atoms with Crippen molar-refractivity contribution >= 4 is 11.8 Å². The third kappa shape index (κ3) is 4.22. The van der Waals surface area contributed by atoms with Crippen molar-refractivity contribution in [2.75, 3.05) is 0 Å². The molecule has 1 aromatic heterocycles. The molecule has 0 aliphatic rings. The summed E-state index contributed by atoms with van der Waals surface area (Å²) in [7, 11) is 0. The number of carbonyl (C=O) groups is 1. The van der Waals surface area contributed by atoms with E-state index in [4.69, 9.17) is 21.5 Å². The summed E-state index contributed by atoms with van der Waals surface area (Å²) in [4.78, 5) is 10.7. The molecule has 0 spiro atoms. The van der Waals surface area contributed by atoms with E-state index < -0.39 is 5.97 Å². The smallest absolute Gasteiger partial charge is 0.374 e. The molecule has 27 heavy (non-hydrogen) atoms. The lowest BCUT2D eigenvalue weighted by Crippen LogP contribution is -2.31. The molecule has 138 valence electrons. The number of amidine groups is 1. The van der Waals surface area contributed by atoms with Gasteiger partial charge in [0, 0.05) is 5.56 Å². The van der Waals surface area contributed by atoms with Gasteiger partial charge in [0.1, 0.15) is 6.61 Å². The van der Waals surface area contributed by atoms with E-state index >= 15 is 0 Å². The van der Waals surface area contributed by atoms with Crippen LogP contribution in [0.3, 0.4) is 0 Å². The molecule has 0 saturated heterocycles. The monoisotopic (exact) mass is 367 g/mol. The molecule has 3 aromatic rings. The van der Waals surface area contributed by atoms with Crippen molar-refractivity contribution in [3.63, 3.8) is 0 Å². The molecule has 2 aromatic carbocycles. The number of nitrogens with zero attached hydrogens (tertiary/aromatic N) is 2. The molecule has 9 nitrogen and oxygen atoms in total. The van der Waals surface area contributed by atoms with Gasteiger partial charge in [-0.15, -0.1) is 0 Å². The molecule has 0 saturated carbocycles. The first-order valence-corrected chi connectivity index (χ1v) is 7.87. The summed E-state index contributed by atoms with van der Waals surface area (Å²) in [5.74, 6) is 9.68. The Morgan fingerprint density at radius 3 is 2.30 bits per heavy atom. The van der Waals surface area contributed by atoms with Crippen LogP contribution in [0, 0.1) is 0 Å². The maximum atomic E-state index is 10.7. The topological polar surface area (TPSA) is 149 Å². The van der Waals surface area contributed by atoms with Crippen molar-refractivity contribution in [3.05, 3.63) is 71.5 Å². The number of hydrazine groups is 1. The molecule has 0 aliphatic heterocycles. The summed E-state index contributed by atoms with van der Waals surface area (Å²) in [6.45, 7) is 0.239. The zero-order valence-corrected chi connectivity index (χ0v) is 14.1. The maximum Gasteiger partial charge on any atom is 0.374 e. The van der Waals surface area contributed by atoms with E-state index in [9.17, 15) is 4.79 Å². The lowest BCUT2D eigenvalue weighted by Gasteiger charge is -2.07. The van der Waals surface area contributed by atoms with E-state index in [0.29, 0.717) is 5.84 Å². The molecular formula is C18H17N5O4. The van der Waals surface area contributed by atoms with Crippen molar-refractivity contribution in [2.45, 2.75) is 6.61 Å². The van der Waals surface area contributed by atoms with Crippen molar-refractivity contribution in [2.24, 2.45) is 16.8 Å². The van der Waals surface area contributed by atoms with Crippen LogP contribution < -0.4 is 21.8 Å². The van der Waals surface area contributed by atoms with Crippen LogP contribution in [0.15, 0.2) is 64.2 Å². The van der Waals surface area contributed by atoms with Gasteiger partial charge in [-0.2, -0.15) is 5.10 Å². The van der Waals surface area contributed by atoms with Crippen molar-refractivity contribution in [1.29, 1.82) is 0 Å². The molecule has 1 heterocycles. The van der Waals surface area contributed by atoms with Gasteiger partial charge < -0.3 is 25.6 Å². The first-order chi connectivity index (χ1) is 13.1. The second-order valence-corrected chi connectivity index (χ2v) is 5.52. The number of benzene rings is 2. The van der Waals surface area contributed by atoms with Crippen LogP contribution in [0.4, 0.5) is 0 Å². The minimum atomic E-state index is -1.19. The van der Waals surface area contributed by atoms with Crippen molar-refractivity contribution in [3.8, 4) is 17.0 Å². The molecule has 0 radical (unpaired) electrons. The second-order valence-electron chi connectivity index (χ2n) is 5.52. The van der Waals surface area contributed by atoms with Crippen LogP contribution in [0.2, 0.25) is 0 Å². The minimum absolute atomic E-state index is 0.123. The summed E-state index contributed by atoms with van der Waals surface area (Å²) in [6.07, 6.45) is 0. The average Bonchev–Trinajstić information content (AvgIpc) is 3.18. The Labute approximate surface area is 154 Å². The van der Waals surface area contributed by atoms with Gasteiger partial charge in [-0.25, -0.2) is 10.6 Å². The van der Waals surface area contributed by atoms with Crippen molar-refractivity contribution < 1.29 is 19.2 Å². The number of nitrogens with one attached hydrogen (secondary N) is 1. The fourth-order valence-corrected chi connectivity index (χ4v) is 2.39. The highest BCUT2D eigenvalue weighted by molar-refractivity contribution is 5.98. The number of rotatable bonds is 6. The van der Waals surface area contributed by atoms with E-state index in [1.807, 2.05) is 48.5 Å². The number of aromatic carboxylic acids is 1. The number of aromatic nitrogens is 1. The Morgan fingerprint density at radius 2 is 1.78 bits per heavy atom. The zero-order chi connectivity index (χ0) is 19.2. The highest BCUT2D eigenvalue weighted by Gasteiger charge is 2.11. The quantitative estimate of drug-likeness (QED) is 0.223. The normalized spacial score (nSPS) is 11.2. The predicted molar refractivity (Wildman–Crippen MR) is 97.7 cm³/mol. The maximum absolute atomic E-state index is 10.7. The first-order valence-electron chi connectivity index (χ1n) is 7.87.